The molecule has 5 nitrogen and oxygen atoms in total. The van der Waals surface area contributed by atoms with Crippen molar-refractivity contribution in [3.8, 4) is 5.69 Å². The average molecular weight is 493 g/mol. The largest absolute Gasteiger partial charge is 0.352 e. The lowest BCUT2D eigenvalue weighted by Crippen LogP contribution is -2.36. The number of guanidine groups is 1. The molecule has 148 valence electrons. The van der Waals surface area contributed by atoms with Crippen LogP contribution in [-0.2, 0) is 13.1 Å². The van der Waals surface area contributed by atoms with Crippen LogP contribution in [-0.4, -0.2) is 22.8 Å². The van der Waals surface area contributed by atoms with E-state index in [2.05, 4.69) is 32.9 Å². The molecule has 0 bridgehead atoms. The molecule has 0 amide bonds. The lowest BCUT2D eigenvalue weighted by atomic mass is 10.1. The van der Waals surface area contributed by atoms with Gasteiger partial charge in [0.2, 0.25) is 0 Å². The van der Waals surface area contributed by atoms with Gasteiger partial charge >= 0.3 is 0 Å². The summed E-state index contributed by atoms with van der Waals surface area (Å²) in [4.78, 5) is 4.22. The molecule has 0 spiro atoms. The molecule has 0 saturated carbocycles. The van der Waals surface area contributed by atoms with Crippen molar-refractivity contribution >= 4 is 29.9 Å². The maximum absolute atomic E-state index is 13.8. The Kier molecular flexibility index (Phi) is 7.98. The monoisotopic (exact) mass is 493 g/mol. The topological polar surface area (TPSA) is 54.2 Å². The van der Waals surface area contributed by atoms with Crippen LogP contribution >= 0.6 is 24.0 Å². The third-order valence-electron chi connectivity index (χ3n) is 4.30. The van der Waals surface area contributed by atoms with Crippen LogP contribution in [0.5, 0.6) is 0 Å². The lowest BCUT2D eigenvalue weighted by Gasteiger charge is -2.15. The van der Waals surface area contributed by atoms with Gasteiger partial charge in [-0.15, -0.1) is 24.0 Å². The Hall–Kier alpha value is -2.42. The van der Waals surface area contributed by atoms with Gasteiger partial charge in [0.25, 0.3) is 0 Å². The van der Waals surface area contributed by atoms with Gasteiger partial charge in [-0.25, -0.2) is 9.07 Å². The molecule has 0 aliphatic carbocycles. The van der Waals surface area contributed by atoms with Crippen LogP contribution in [0.1, 0.15) is 22.5 Å². The number of hydrogen-bond acceptors (Lipinski definition) is 2. The molecule has 3 aromatic rings. The van der Waals surface area contributed by atoms with Crippen molar-refractivity contribution in [2.75, 3.05) is 7.05 Å². The number of nitrogens with one attached hydrogen (secondary N) is 2. The standard InChI is InChI=1S/C21H24FN5.HI/c1-15-12-16(2)27(26-15)20-11-7-5-9-18(20)14-25-21(23-3)24-13-17-8-4-6-10-19(17)22;/h4-12H,13-14H2,1-3H3,(H2,23,24,25);1H. The molecule has 2 aromatic carbocycles. The zero-order valence-electron chi connectivity index (χ0n) is 16.2. The molecular formula is C21H25FIN5. The van der Waals surface area contributed by atoms with E-state index in [0.717, 1.165) is 22.6 Å². The first-order chi connectivity index (χ1) is 13.1. The summed E-state index contributed by atoms with van der Waals surface area (Å²) >= 11 is 0. The second-order valence-electron chi connectivity index (χ2n) is 6.34. The molecule has 2 N–H and O–H groups in total. The first-order valence-electron chi connectivity index (χ1n) is 8.88. The summed E-state index contributed by atoms with van der Waals surface area (Å²) in [6.07, 6.45) is 0. The number of hydrogen-bond donors (Lipinski definition) is 2. The van der Waals surface area contributed by atoms with Crippen molar-refractivity contribution in [3.63, 3.8) is 0 Å². The van der Waals surface area contributed by atoms with E-state index in [1.807, 2.05) is 42.8 Å². The molecule has 0 saturated heterocycles. The van der Waals surface area contributed by atoms with Crippen molar-refractivity contribution in [1.82, 2.24) is 20.4 Å². The van der Waals surface area contributed by atoms with Gasteiger partial charge in [-0.05, 0) is 37.6 Å². The van der Waals surface area contributed by atoms with Crippen molar-refractivity contribution in [1.29, 1.82) is 0 Å². The molecule has 1 aromatic heterocycles. The fourth-order valence-electron chi connectivity index (χ4n) is 2.96. The first kappa shape index (κ1) is 21.9. The quantitative estimate of drug-likeness (QED) is 0.320. The van der Waals surface area contributed by atoms with Gasteiger partial charge in [0.05, 0.1) is 11.4 Å². The second kappa shape index (κ2) is 10.2. The van der Waals surface area contributed by atoms with Crippen LogP contribution < -0.4 is 10.6 Å². The summed E-state index contributed by atoms with van der Waals surface area (Å²) in [6.45, 7) is 4.97. The highest BCUT2D eigenvalue weighted by Gasteiger charge is 2.09. The Morgan fingerprint density at radius 3 is 2.21 bits per heavy atom. The summed E-state index contributed by atoms with van der Waals surface area (Å²) < 4.78 is 15.7. The van der Waals surface area contributed by atoms with Gasteiger partial charge in [0.1, 0.15) is 5.82 Å². The fraction of sp³-hybridized carbons (Fsp3) is 0.238. The molecule has 0 aliphatic heterocycles. The molecule has 0 aliphatic rings. The number of para-hydroxylation sites is 1. The predicted molar refractivity (Wildman–Crippen MR) is 122 cm³/mol. The summed E-state index contributed by atoms with van der Waals surface area (Å²) in [6, 6.07) is 16.9. The van der Waals surface area contributed by atoms with Crippen molar-refractivity contribution in [3.05, 3.63) is 82.9 Å². The Bertz CT molecular complexity index is 951. The summed E-state index contributed by atoms with van der Waals surface area (Å²) in [5.41, 5.74) is 4.79. The van der Waals surface area contributed by atoms with Crippen LogP contribution in [0, 0.1) is 19.7 Å². The maximum atomic E-state index is 13.8. The molecule has 7 heteroatoms. The van der Waals surface area contributed by atoms with Gasteiger partial charge in [-0.3, -0.25) is 4.99 Å². The summed E-state index contributed by atoms with van der Waals surface area (Å²) in [5.74, 6) is 0.386. The molecule has 0 atom stereocenters. The highest BCUT2D eigenvalue weighted by atomic mass is 127. The van der Waals surface area contributed by atoms with Crippen molar-refractivity contribution in [2.24, 2.45) is 4.99 Å². The average Bonchev–Trinajstić information content (AvgIpc) is 3.01. The van der Waals surface area contributed by atoms with E-state index in [-0.39, 0.29) is 29.8 Å². The molecular weight excluding hydrogens is 468 g/mol. The SMILES string of the molecule is CN=C(NCc1ccccc1F)NCc1ccccc1-n1nc(C)cc1C.I. The Morgan fingerprint density at radius 2 is 1.61 bits per heavy atom. The van der Waals surface area contributed by atoms with Crippen LogP contribution in [0.2, 0.25) is 0 Å². The van der Waals surface area contributed by atoms with Crippen LogP contribution in [0.3, 0.4) is 0 Å². The van der Waals surface area contributed by atoms with Gasteiger partial charge in [0, 0.05) is 31.4 Å². The number of halogens is 2. The van der Waals surface area contributed by atoms with Crippen LogP contribution in [0.4, 0.5) is 4.39 Å². The number of aryl methyl sites for hydroxylation is 2. The molecule has 0 fully saturated rings. The summed E-state index contributed by atoms with van der Waals surface area (Å²) in [7, 11) is 1.70. The van der Waals surface area contributed by atoms with Gasteiger partial charge in [-0.1, -0.05) is 36.4 Å². The molecule has 0 unspecified atom stereocenters. The Morgan fingerprint density at radius 1 is 1.00 bits per heavy atom. The minimum atomic E-state index is -0.227. The van der Waals surface area contributed by atoms with Gasteiger partial charge in [0.15, 0.2) is 5.96 Å². The zero-order chi connectivity index (χ0) is 19.2. The number of rotatable bonds is 5. The van der Waals surface area contributed by atoms with E-state index >= 15 is 0 Å². The van der Waals surface area contributed by atoms with Gasteiger partial charge < -0.3 is 10.6 Å². The lowest BCUT2D eigenvalue weighted by molar-refractivity contribution is 0.604. The number of nitrogens with zero attached hydrogens (tertiary/aromatic N) is 3. The molecule has 1 heterocycles. The Labute approximate surface area is 182 Å². The number of aromatic nitrogens is 2. The number of benzene rings is 2. The van der Waals surface area contributed by atoms with E-state index in [1.54, 1.807) is 19.2 Å². The minimum Gasteiger partial charge on any atom is -0.352 e. The zero-order valence-corrected chi connectivity index (χ0v) is 18.6. The van der Waals surface area contributed by atoms with Crippen molar-refractivity contribution < 1.29 is 4.39 Å². The minimum absolute atomic E-state index is 0. The van der Waals surface area contributed by atoms with E-state index in [0.29, 0.717) is 24.6 Å². The van der Waals surface area contributed by atoms with E-state index in [9.17, 15) is 4.39 Å². The smallest absolute Gasteiger partial charge is 0.191 e. The fourth-order valence-corrected chi connectivity index (χ4v) is 2.96. The molecule has 3 rings (SSSR count). The Balaban J connectivity index is 0.00000280. The predicted octanol–water partition coefficient (Wildman–Crippen LogP) is 4.11. The van der Waals surface area contributed by atoms with Crippen LogP contribution in [0.25, 0.3) is 5.69 Å². The van der Waals surface area contributed by atoms with Gasteiger partial charge in [-0.2, -0.15) is 5.10 Å². The van der Waals surface area contributed by atoms with E-state index < -0.39 is 0 Å². The van der Waals surface area contributed by atoms with E-state index in [1.165, 1.54) is 6.07 Å². The van der Waals surface area contributed by atoms with Crippen molar-refractivity contribution in [2.45, 2.75) is 26.9 Å². The van der Waals surface area contributed by atoms with E-state index in [4.69, 9.17) is 0 Å². The first-order valence-corrected chi connectivity index (χ1v) is 8.88. The third-order valence-corrected chi connectivity index (χ3v) is 4.30. The second-order valence-corrected chi connectivity index (χ2v) is 6.34. The molecule has 28 heavy (non-hydrogen) atoms. The highest BCUT2D eigenvalue weighted by Crippen LogP contribution is 2.17. The number of aliphatic imine (C=N–C) groups is 1. The normalized spacial score (nSPS) is 11.1. The maximum Gasteiger partial charge on any atom is 0.191 e. The molecule has 0 radical (unpaired) electrons. The third kappa shape index (κ3) is 5.31. The summed E-state index contributed by atoms with van der Waals surface area (Å²) in [5, 5.41) is 11.0. The highest BCUT2D eigenvalue weighted by molar-refractivity contribution is 14.0. The van der Waals surface area contributed by atoms with Crippen LogP contribution in [0.15, 0.2) is 59.6 Å².